The summed E-state index contributed by atoms with van der Waals surface area (Å²) in [7, 11) is 0. The van der Waals surface area contributed by atoms with E-state index in [9.17, 15) is 9.59 Å². The first-order valence-corrected chi connectivity index (χ1v) is 7.94. The number of carbonyl (C=O) groups excluding carboxylic acids is 1. The van der Waals surface area contributed by atoms with Crippen molar-refractivity contribution in [2.24, 2.45) is 0 Å². The van der Waals surface area contributed by atoms with Gasteiger partial charge in [0, 0.05) is 24.4 Å². The molecule has 0 unspecified atom stereocenters. The Hall–Kier alpha value is -2.41. The van der Waals surface area contributed by atoms with E-state index in [2.05, 4.69) is 10.1 Å². The summed E-state index contributed by atoms with van der Waals surface area (Å²) in [4.78, 5) is 32.0. The summed E-state index contributed by atoms with van der Waals surface area (Å²) in [5.41, 5.74) is 2.93. The predicted molar refractivity (Wildman–Crippen MR) is 83.3 cm³/mol. The molecule has 0 spiro atoms. The van der Waals surface area contributed by atoms with Gasteiger partial charge in [0.1, 0.15) is 0 Å². The van der Waals surface area contributed by atoms with Crippen LogP contribution in [0.4, 0.5) is 0 Å². The maximum atomic E-state index is 12.6. The van der Waals surface area contributed by atoms with E-state index in [0.29, 0.717) is 36.4 Å². The highest BCUT2D eigenvalue weighted by atomic mass is 32.1. The summed E-state index contributed by atoms with van der Waals surface area (Å²) >= 11 is 1.46. The number of hydrogen-bond donors (Lipinski definition) is 1. The van der Waals surface area contributed by atoms with Crippen LogP contribution in [0, 0.1) is 6.92 Å². The Bertz CT molecular complexity index is 937. The SMILES string of the molecule is Cc1ccsc1C(=O)N1CCc2c(nc3cc[nH]n3c2=O)C1. The molecule has 3 aromatic heterocycles. The summed E-state index contributed by atoms with van der Waals surface area (Å²) in [6, 6.07) is 3.70. The van der Waals surface area contributed by atoms with Crippen molar-refractivity contribution in [3.63, 3.8) is 0 Å². The average Bonchev–Trinajstić information content (AvgIpc) is 3.15. The molecular formula is C15H14N4O2S. The van der Waals surface area contributed by atoms with E-state index in [1.807, 2.05) is 18.4 Å². The molecule has 1 N–H and O–H groups in total. The fourth-order valence-electron chi connectivity index (χ4n) is 2.84. The smallest absolute Gasteiger partial charge is 0.276 e. The van der Waals surface area contributed by atoms with Gasteiger partial charge >= 0.3 is 0 Å². The van der Waals surface area contributed by atoms with E-state index < -0.39 is 0 Å². The quantitative estimate of drug-likeness (QED) is 0.741. The lowest BCUT2D eigenvalue weighted by Crippen LogP contribution is -2.39. The van der Waals surface area contributed by atoms with E-state index in [4.69, 9.17) is 0 Å². The van der Waals surface area contributed by atoms with Gasteiger partial charge in [0.25, 0.3) is 11.5 Å². The molecular weight excluding hydrogens is 300 g/mol. The molecule has 0 atom stereocenters. The third-order valence-electron chi connectivity index (χ3n) is 4.04. The van der Waals surface area contributed by atoms with Gasteiger partial charge in [-0.25, -0.2) is 9.50 Å². The molecule has 0 saturated heterocycles. The second kappa shape index (κ2) is 4.81. The van der Waals surface area contributed by atoms with Gasteiger partial charge in [-0.15, -0.1) is 11.3 Å². The number of aromatic amines is 1. The van der Waals surface area contributed by atoms with Crippen LogP contribution in [-0.2, 0) is 13.0 Å². The normalized spacial score (nSPS) is 14.3. The molecule has 0 saturated carbocycles. The Balaban J connectivity index is 1.72. The van der Waals surface area contributed by atoms with Crippen molar-refractivity contribution >= 4 is 22.9 Å². The Labute approximate surface area is 130 Å². The third-order valence-corrected chi connectivity index (χ3v) is 5.04. The number of thiophene rings is 1. The first-order valence-electron chi connectivity index (χ1n) is 7.06. The summed E-state index contributed by atoms with van der Waals surface area (Å²) in [6.45, 7) is 2.88. The number of hydrogen-bond acceptors (Lipinski definition) is 4. The van der Waals surface area contributed by atoms with Gasteiger partial charge < -0.3 is 4.90 Å². The van der Waals surface area contributed by atoms with Crippen molar-refractivity contribution < 1.29 is 4.79 Å². The molecule has 1 aliphatic rings. The summed E-state index contributed by atoms with van der Waals surface area (Å²) < 4.78 is 1.44. The van der Waals surface area contributed by atoms with Crippen LogP contribution in [-0.4, -0.2) is 31.9 Å². The Morgan fingerprint density at radius 3 is 3.05 bits per heavy atom. The second-order valence-electron chi connectivity index (χ2n) is 5.41. The van der Waals surface area contributed by atoms with Crippen molar-refractivity contribution in [1.29, 1.82) is 0 Å². The Morgan fingerprint density at radius 2 is 2.27 bits per heavy atom. The van der Waals surface area contributed by atoms with Gasteiger partial charge in [0.05, 0.1) is 17.1 Å². The molecule has 3 aromatic rings. The topological polar surface area (TPSA) is 70.5 Å². The van der Waals surface area contributed by atoms with Crippen LogP contribution < -0.4 is 5.56 Å². The molecule has 112 valence electrons. The molecule has 0 aromatic carbocycles. The second-order valence-corrected chi connectivity index (χ2v) is 6.32. The zero-order valence-corrected chi connectivity index (χ0v) is 12.8. The monoisotopic (exact) mass is 314 g/mol. The number of carbonyl (C=O) groups is 1. The number of nitrogens with one attached hydrogen (secondary N) is 1. The maximum absolute atomic E-state index is 12.6. The van der Waals surface area contributed by atoms with Crippen molar-refractivity contribution in [1.82, 2.24) is 19.5 Å². The van der Waals surface area contributed by atoms with Gasteiger partial charge in [-0.2, -0.15) is 0 Å². The lowest BCUT2D eigenvalue weighted by Gasteiger charge is -2.27. The maximum Gasteiger partial charge on any atom is 0.276 e. The highest BCUT2D eigenvalue weighted by molar-refractivity contribution is 7.12. The fraction of sp³-hybridized carbons (Fsp3) is 0.267. The van der Waals surface area contributed by atoms with Crippen molar-refractivity contribution in [2.75, 3.05) is 6.54 Å². The number of nitrogens with zero attached hydrogens (tertiary/aromatic N) is 3. The summed E-state index contributed by atoms with van der Waals surface area (Å²) in [5.74, 6) is 0.0224. The van der Waals surface area contributed by atoms with Gasteiger partial charge in [-0.3, -0.25) is 14.7 Å². The molecule has 6 nitrogen and oxygen atoms in total. The Morgan fingerprint density at radius 1 is 1.41 bits per heavy atom. The minimum absolute atomic E-state index is 0.0224. The van der Waals surface area contributed by atoms with E-state index in [-0.39, 0.29) is 11.5 Å². The zero-order chi connectivity index (χ0) is 15.3. The van der Waals surface area contributed by atoms with E-state index in [0.717, 1.165) is 10.4 Å². The van der Waals surface area contributed by atoms with Gasteiger partial charge in [-0.1, -0.05) is 0 Å². The molecule has 0 fully saturated rings. The number of H-pyrrole nitrogens is 1. The van der Waals surface area contributed by atoms with Gasteiger partial charge in [0.15, 0.2) is 5.65 Å². The molecule has 0 aliphatic carbocycles. The first kappa shape index (κ1) is 13.3. The minimum Gasteiger partial charge on any atom is -0.332 e. The van der Waals surface area contributed by atoms with Crippen LogP contribution in [0.15, 0.2) is 28.5 Å². The van der Waals surface area contributed by atoms with Crippen LogP contribution >= 0.6 is 11.3 Å². The molecule has 1 aliphatic heterocycles. The number of aromatic nitrogens is 3. The van der Waals surface area contributed by atoms with Crippen molar-refractivity contribution in [3.8, 4) is 0 Å². The highest BCUT2D eigenvalue weighted by Crippen LogP contribution is 2.22. The zero-order valence-electron chi connectivity index (χ0n) is 12.0. The number of aryl methyl sites for hydroxylation is 1. The lowest BCUT2D eigenvalue weighted by atomic mass is 10.1. The van der Waals surface area contributed by atoms with Crippen LogP contribution in [0.3, 0.4) is 0 Å². The van der Waals surface area contributed by atoms with Gasteiger partial charge in [-0.05, 0) is 30.4 Å². The number of rotatable bonds is 1. The van der Waals surface area contributed by atoms with Crippen LogP contribution in [0.2, 0.25) is 0 Å². The van der Waals surface area contributed by atoms with E-state index in [1.165, 1.54) is 15.9 Å². The van der Waals surface area contributed by atoms with E-state index >= 15 is 0 Å². The molecule has 1 amide bonds. The largest absolute Gasteiger partial charge is 0.332 e. The van der Waals surface area contributed by atoms with Crippen molar-refractivity contribution in [3.05, 3.63) is 55.8 Å². The molecule has 0 bridgehead atoms. The summed E-state index contributed by atoms with van der Waals surface area (Å²) in [5, 5.41) is 4.79. The fourth-order valence-corrected chi connectivity index (χ4v) is 3.73. The lowest BCUT2D eigenvalue weighted by molar-refractivity contribution is 0.0735. The average molecular weight is 314 g/mol. The highest BCUT2D eigenvalue weighted by Gasteiger charge is 2.26. The standard InChI is InChI=1S/C15H14N4O2S/c1-9-4-7-22-13(9)15(21)18-6-3-10-11(8-18)17-12-2-5-16-19(12)14(10)20/h2,4-5,7,16H,3,6,8H2,1H3. The van der Waals surface area contributed by atoms with Gasteiger partial charge in [0.2, 0.25) is 0 Å². The molecule has 0 radical (unpaired) electrons. The van der Waals surface area contributed by atoms with Crippen LogP contribution in [0.25, 0.3) is 5.65 Å². The van der Waals surface area contributed by atoms with Crippen LogP contribution in [0.1, 0.15) is 26.5 Å². The number of fused-ring (bicyclic) bond motifs is 2. The molecule has 7 heteroatoms. The molecule has 4 rings (SSSR count). The number of amides is 1. The predicted octanol–water partition coefficient (Wildman–Crippen LogP) is 1.59. The van der Waals surface area contributed by atoms with Crippen LogP contribution in [0.5, 0.6) is 0 Å². The third kappa shape index (κ3) is 1.89. The van der Waals surface area contributed by atoms with Crippen molar-refractivity contribution in [2.45, 2.75) is 19.9 Å². The minimum atomic E-state index is -0.0654. The Kier molecular flexibility index (Phi) is 2.90. The first-order chi connectivity index (χ1) is 10.6. The molecule has 4 heterocycles. The molecule has 22 heavy (non-hydrogen) atoms. The van der Waals surface area contributed by atoms with E-state index in [1.54, 1.807) is 17.2 Å². The summed E-state index contributed by atoms with van der Waals surface area (Å²) in [6.07, 6.45) is 2.23.